The summed E-state index contributed by atoms with van der Waals surface area (Å²) in [6.07, 6.45) is 22.0. The molecule has 0 aromatic rings. The van der Waals surface area contributed by atoms with Crippen LogP contribution in [0.3, 0.4) is 0 Å². The fraction of sp³-hybridized carbons (Fsp3) is 0.833. The second kappa shape index (κ2) is 15.8. The van der Waals surface area contributed by atoms with Gasteiger partial charge in [0.2, 0.25) is 0 Å². The maximum atomic E-state index is 5.61. The van der Waals surface area contributed by atoms with Crippen molar-refractivity contribution in [1.82, 2.24) is 0 Å². The van der Waals surface area contributed by atoms with Gasteiger partial charge in [-0.3, -0.25) is 0 Å². The molecule has 0 aliphatic heterocycles. The molecule has 1 radical (unpaired) electrons. The van der Waals surface area contributed by atoms with E-state index in [0.29, 0.717) is 0 Å². The largest absolute Gasteiger partial charge is 0.328 e. The minimum Gasteiger partial charge on any atom is -0.328 e. The highest BCUT2D eigenvalue weighted by atomic mass is 14.6. The van der Waals surface area contributed by atoms with E-state index in [-0.39, 0.29) is 6.04 Å². The third-order valence-electron chi connectivity index (χ3n) is 3.59. The van der Waals surface area contributed by atoms with E-state index in [1.807, 2.05) is 0 Å². The van der Waals surface area contributed by atoms with Gasteiger partial charge in [-0.2, -0.15) is 0 Å². The first-order valence-corrected chi connectivity index (χ1v) is 8.51. The van der Waals surface area contributed by atoms with Crippen molar-refractivity contribution in [2.24, 2.45) is 5.73 Å². The molecule has 19 heavy (non-hydrogen) atoms. The van der Waals surface area contributed by atoms with Gasteiger partial charge >= 0.3 is 0 Å². The van der Waals surface area contributed by atoms with Crippen LogP contribution in [0.4, 0.5) is 0 Å². The number of hydrogen-bond donors (Lipinski definition) is 1. The standard InChI is InChI=1S/C18H36N/c1-3-4-5-6-7-8-9-10-11-12-13-14-15-16-17-18(2)19/h11-12,18H,2-10,13-17,19H2,1H3. The molecule has 0 aliphatic rings. The van der Waals surface area contributed by atoms with Gasteiger partial charge in [-0.1, -0.05) is 70.4 Å². The highest BCUT2D eigenvalue weighted by Crippen LogP contribution is 2.09. The van der Waals surface area contributed by atoms with Crippen LogP contribution in [0.5, 0.6) is 0 Å². The lowest BCUT2D eigenvalue weighted by molar-refractivity contribution is 0.591. The molecule has 0 aromatic carbocycles. The second-order valence-corrected chi connectivity index (χ2v) is 5.78. The molecule has 1 heteroatoms. The molecule has 0 aromatic heterocycles. The Morgan fingerprint density at radius 1 is 0.789 bits per heavy atom. The lowest BCUT2D eigenvalue weighted by Crippen LogP contribution is -2.14. The van der Waals surface area contributed by atoms with Crippen molar-refractivity contribution in [3.63, 3.8) is 0 Å². The predicted octanol–water partition coefficient (Wildman–Crippen LogP) is 5.80. The van der Waals surface area contributed by atoms with E-state index in [1.165, 1.54) is 77.0 Å². The van der Waals surface area contributed by atoms with Crippen LogP contribution in [0.25, 0.3) is 0 Å². The van der Waals surface area contributed by atoms with Crippen LogP contribution in [0, 0.1) is 6.92 Å². The maximum Gasteiger partial charge on any atom is 0.00394 e. The Bertz CT molecular complexity index is 184. The molecule has 0 rings (SSSR count). The van der Waals surface area contributed by atoms with E-state index in [2.05, 4.69) is 26.0 Å². The Morgan fingerprint density at radius 3 is 1.79 bits per heavy atom. The highest BCUT2D eigenvalue weighted by Gasteiger charge is 1.93. The minimum atomic E-state index is 0.132. The van der Waals surface area contributed by atoms with Gasteiger partial charge in [-0.05, 0) is 39.0 Å². The summed E-state index contributed by atoms with van der Waals surface area (Å²) < 4.78 is 0. The molecule has 0 aliphatic carbocycles. The molecular formula is C18H36N. The summed E-state index contributed by atoms with van der Waals surface area (Å²) in [4.78, 5) is 0. The molecule has 0 fully saturated rings. The first-order valence-electron chi connectivity index (χ1n) is 8.51. The summed E-state index contributed by atoms with van der Waals surface area (Å²) in [6.45, 7) is 6.08. The summed E-state index contributed by atoms with van der Waals surface area (Å²) >= 11 is 0. The molecule has 0 amide bonds. The topological polar surface area (TPSA) is 26.0 Å². The van der Waals surface area contributed by atoms with Crippen molar-refractivity contribution in [1.29, 1.82) is 0 Å². The van der Waals surface area contributed by atoms with Gasteiger partial charge in [0.1, 0.15) is 0 Å². The molecule has 113 valence electrons. The normalized spacial score (nSPS) is 13.2. The molecule has 0 saturated carbocycles. The van der Waals surface area contributed by atoms with Crippen LogP contribution in [0.1, 0.15) is 90.4 Å². The maximum absolute atomic E-state index is 5.61. The molecule has 0 bridgehead atoms. The molecular weight excluding hydrogens is 230 g/mol. The van der Waals surface area contributed by atoms with Crippen molar-refractivity contribution >= 4 is 0 Å². The average molecular weight is 266 g/mol. The molecule has 1 nitrogen and oxygen atoms in total. The number of hydrogen-bond acceptors (Lipinski definition) is 1. The van der Waals surface area contributed by atoms with Gasteiger partial charge < -0.3 is 5.73 Å². The zero-order valence-corrected chi connectivity index (χ0v) is 13.2. The minimum absolute atomic E-state index is 0.132. The molecule has 0 saturated heterocycles. The van der Waals surface area contributed by atoms with E-state index < -0.39 is 0 Å². The Kier molecular flexibility index (Phi) is 15.5. The van der Waals surface area contributed by atoms with E-state index in [1.54, 1.807) is 0 Å². The fourth-order valence-corrected chi connectivity index (χ4v) is 2.30. The van der Waals surface area contributed by atoms with Crippen molar-refractivity contribution in [3.05, 3.63) is 19.1 Å². The number of nitrogens with two attached hydrogens (primary N) is 1. The Balaban J connectivity index is 3.05. The average Bonchev–Trinajstić information content (AvgIpc) is 2.39. The number of allylic oxidation sites excluding steroid dienone is 2. The molecule has 1 unspecified atom stereocenters. The summed E-state index contributed by atoms with van der Waals surface area (Å²) in [5, 5.41) is 0. The second-order valence-electron chi connectivity index (χ2n) is 5.78. The van der Waals surface area contributed by atoms with E-state index in [9.17, 15) is 0 Å². The van der Waals surface area contributed by atoms with Gasteiger partial charge in [0.25, 0.3) is 0 Å². The predicted molar refractivity (Wildman–Crippen MR) is 88.2 cm³/mol. The molecule has 0 spiro atoms. The summed E-state index contributed by atoms with van der Waals surface area (Å²) in [5.41, 5.74) is 5.61. The van der Waals surface area contributed by atoms with E-state index in [4.69, 9.17) is 5.73 Å². The number of unbranched alkanes of at least 4 members (excludes halogenated alkanes) is 10. The Hall–Kier alpha value is -0.300. The van der Waals surface area contributed by atoms with Gasteiger partial charge in [-0.15, -0.1) is 0 Å². The Labute approximate surface area is 122 Å². The van der Waals surface area contributed by atoms with Crippen LogP contribution in [0.2, 0.25) is 0 Å². The van der Waals surface area contributed by atoms with Crippen molar-refractivity contribution < 1.29 is 0 Å². The Morgan fingerprint density at radius 2 is 1.26 bits per heavy atom. The van der Waals surface area contributed by atoms with E-state index in [0.717, 1.165) is 6.42 Å². The van der Waals surface area contributed by atoms with Gasteiger partial charge in [-0.25, -0.2) is 0 Å². The lowest BCUT2D eigenvalue weighted by Gasteiger charge is -2.02. The summed E-state index contributed by atoms with van der Waals surface area (Å²) in [6, 6.07) is 0.132. The van der Waals surface area contributed by atoms with Gasteiger partial charge in [0.05, 0.1) is 0 Å². The summed E-state index contributed by atoms with van der Waals surface area (Å²) in [5.74, 6) is 0. The van der Waals surface area contributed by atoms with Crippen molar-refractivity contribution in [2.75, 3.05) is 0 Å². The SMILES string of the molecule is [CH2]C(N)CCCCCC=CCCCCCCCCC. The third kappa shape index (κ3) is 17.7. The van der Waals surface area contributed by atoms with Crippen LogP contribution in [-0.2, 0) is 0 Å². The lowest BCUT2D eigenvalue weighted by atomic mass is 10.1. The number of rotatable bonds is 14. The van der Waals surface area contributed by atoms with Crippen molar-refractivity contribution in [2.45, 2.75) is 96.4 Å². The monoisotopic (exact) mass is 266 g/mol. The van der Waals surface area contributed by atoms with Crippen molar-refractivity contribution in [3.8, 4) is 0 Å². The fourth-order valence-electron chi connectivity index (χ4n) is 2.30. The first-order chi connectivity index (χ1) is 9.27. The van der Waals surface area contributed by atoms with Gasteiger partial charge in [0.15, 0.2) is 0 Å². The first kappa shape index (κ1) is 18.7. The zero-order valence-electron chi connectivity index (χ0n) is 13.2. The smallest absolute Gasteiger partial charge is 0.00394 e. The van der Waals surface area contributed by atoms with Crippen LogP contribution >= 0.6 is 0 Å². The quantitative estimate of drug-likeness (QED) is 0.312. The molecule has 2 N–H and O–H groups in total. The van der Waals surface area contributed by atoms with Crippen LogP contribution in [-0.4, -0.2) is 6.04 Å². The summed E-state index contributed by atoms with van der Waals surface area (Å²) in [7, 11) is 0. The molecule has 1 atom stereocenters. The van der Waals surface area contributed by atoms with Crippen LogP contribution in [0.15, 0.2) is 12.2 Å². The van der Waals surface area contributed by atoms with E-state index >= 15 is 0 Å². The highest BCUT2D eigenvalue weighted by molar-refractivity contribution is 4.81. The van der Waals surface area contributed by atoms with Crippen LogP contribution < -0.4 is 5.73 Å². The molecule has 0 heterocycles. The zero-order chi connectivity index (χ0) is 14.2. The third-order valence-corrected chi connectivity index (χ3v) is 3.59. The van der Waals surface area contributed by atoms with Gasteiger partial charge in [0, 0.05) is 6.04 Å².